The molecule has 0 aliphatic heterocycles. The fourth-order valence-corrected chi connectivity index (χ4v) is 2.29. The lowest BCUT2D eigenvalue weighted by atomic mass is 10.1. The van der Waals surface area contributed by atoms with Gasteiger partial charge in [-0.3, -0.25) is 0 Å². The Kier molecular flexibility index (Phi) is 6.29. The molecule has 0 aliphatic carbocycles. The molecule has 1 aromatic carbocycles. The van der Waals surface area contributed by atoms with Crippen LogP contribution in [0.1, 0.15) is 40.2 Å². The van der Waals surface area contributed by atoms with E-state index in [0.29, 0.717) is 18.5 Å². The SMILES string of the molecule is CCN(c1cccc(F)c1CNCC(C)C)C(C)C. The second kappa shape index (κ2) is 7.49. The molecule has 0 atom stereocenters. The van der Waals surface area contributed by atoms with E-state index in [0.717, 1.165) is 24.3 Å². The second-order valence-electron chi connectivity index (χ2n) is 5.64. The molecule has 19 heavy (non-hydrogen) atoms. The molecule has 108 valence electrons. The molecule has 1 rings (SSSR count). The third kappa shape index (κ3) is 4.50. The van der Waals surface area contributed by atoms with Crippen LogP contribution in [-0.4, -0.2) is 19.1 Å². The lowest BCUT2D eigenvalue weighted by Gasteiger charge is -2.30. The predicted octanol–water partition coefficient (Wildman–Crippen LogP) is 3.81. The summed E-state index contributed by atoms with van der Waals surface area (Å²) in [5.74, 6) is 0.454. The minimum Gasteiger partial charge on any atom is -0.369 e. The minimum absolute atomic E-state index is 0.118. The fourth-order valence-electron chi connectivity index (χ4n) is 2.29. The molecule has 0 radical (unpaired) electrons. The molecule has 0 saturated heterocycles. The zero-order valence-corrected chi connectivity index (χ0v) is 12.8. The first kappa shape index (κ1) is 16.0. The Bertz CT molecular complexity index is 388. The Morgan fingerprint density at radius 1 is 1.21 bits per heavy atom. The van der Waals surface area contributed by atoms with Crippen LogP contribution in [0.15, 0.2) is 18.2 Å². The number of nitrogens with one attached hydrogen (secondary N) is 1. The van der Waals surface area contributed by atoms with Crippen molar-refractivity contribution in [2.75, 3.05) is 18.0 Å². The molecule has 0 saturated carbocycles. The van der Waals surface area contributed by atoms with E-state index in [1.54, 1.807) is 12.1 Å². The third-order valence-corrected chi connectivity index (χ3v) is 3.22. The molecule has 0 bridgehead atoms. The molecule has 0 amide bonds. The predicted molar refractivity (Wildman–Crippen MR) is 81.1 cm³/mol. The van der Waals surface area contributed by atoms with E-state index in [1.165, 1.54) is 0 Å². The van der Waals surface area contributed by atoms with Crippen LogP contribution in [0.4, 0.5) is 10.1 Å². The minimum atomic E-state index is -0.118. The number of benzene rings is 1. The molecule has 0 heterocycles. The maximum Gasteiger partial charge on any atom is 0.129 e. The molecule has 0 aromatic heterocycles. The summed E-state index contributed by atoms with van der Waals surface area (Å²) < 4.78 is 14.1. The number of hydrogen-bond acceptors (Lipinski definition) is 2. The van der Waals surface area contributed by atoms with E-state index in [4.69, 9.17) is 0 Å². The Morgan fingerprint density at radius 3 is 2.42 bits per heavy atom. The Labute approximate surface area is 117 Å². The number of hydrogen-bond donors (Lipinski definition) is 1. The van der Waals surface area contributed by atoms with Crippen molar-refractivity contribution < 1.29 is 4.39 Å². The van der Waals surface area contributed by atoms with Gasteiger partial charge in [-0.1, -0.05) is 19.9 Å². The maximum atomic E-state index is 14.1. The van der Waals surface area contributed by atoms with Crippen molar-refractivity contribution in [3.63, 3.8) is 0 Å². The van der Waals surface area contributed by atoms with Gasteiger partial charge in [-0.05, 0) is 45.4 Å². The molecular formula is C16H27FN2. The van der Waals surface area contributed by atoms with Crippen molar-refractivity contribution in [3.05, 3.63) is 29.6 Å². The van der Waals surface area contributed by atoms with Gasteiger partial charge in [-0.25, -0.2) is 4.39 Å². The van der Waals surface area contributed by atoms with Gasteiger partial charge in [0.15, 0.2) is 0 Å². The van der Waals surface area contributed by atoms with Crippen molar-refractivity contribution in [2.45, 2.75) is 47.2 Å². The standard InChI is InChI=1S/C16H27FN2/c1-6-19(13(4)5)16-9-7-8-15(17)14(16)11-18-10-12(2)3/h7-9,12-13,18H,6,10-11H2,1-5H3. The van der Waals surface area contributed by atoms with Gasteiger partial charge in [0.05, 0.1) is 0 Å². The van der Waals surface area contributed by atoms with Gasteiger partial charge in [0, 0.05) is 30.4 Å². The lowest BCUT2D eigenvalue weighted by Crippen LogP contribution is -2.32. The molecule has 0 spiro atoms. The summed E-state index contributed by atoms with van der Waals surface area (Å²) in [6.07, 6.45) is 0. The summed E-state index contributed by atoms with van der Waals surface area (Å²) in [6.45, 7) is 13.1. The Balaban J connectivity index is 2.94. The van der Waals surface area contributed by atoms with Gasteiger partial charge < -0.3 is 10.2 Å². The molecule has 0 unspecified atom stereocenters. The smallest absolute Gasteiger partial charge is 0.129 e. The highest BCUT2D eigenvalue weighted by Crippen LogP contribution is 2.25. The second-order valence-corrected chi connectivity index (χ2v) is 5.64. The monoisotopic (exact) mass is 266 g/mol. The molecule has 0 aliphatic rings. The van der Waals surface area contributed by atoms with Crippen molar-refractivity contribution in [1.29, 1.82) is 0 Å². The van der Waals surface area contributed by atoms with E-state index < -0.39 is 0 Å². The van der Waals surface area contributed by atoms with E-state index in [2.05, 4.69) is 44.8 Å². The highest BCUT2D eigenvalue weighted by atomic mass is 19.1. The highest BCUT2D eigenvalue weighted by Gasteiger charge is 2.15. The molecule has 1 N–H and O–H groups in total. The summed E-state index contributed by atoms with van der Waals surface area (Å²) in [5.41, 5.74) is 1.78. The van der Waals surface area contributed by atoms with Crippen LogP contribution in [0.25, 0.3) is 0 Å². The summed E-state index contributed by atoms with van der Waals surface area (Å²) in [5, 5.41) is 3.33. The summed E-state index contributed by atoms with van der Waals surface area (Å²) in [4.78, 5) is 2.23. The summed E-state index contributed by atoms with van der Waals surface area (Å²) in [7, 11) is 0. The third-order valence-electron chi connectivity index (χ3n) is 3.22. The zero-order chi connectivity index (χ0) is 14.4. The van der Waals surface area contributed by atoms with Gasteiger partial charge in [-0.2, -0.15) is 0 Å². The Morgan fingerprint density at radius 2 is 1.89 bits per heavy atom. The van der Waals surface area contributed by atoms with E-state index >= 15 is 0 Å². The van der Waals surface area contributed by atoms with E-state index in [-0.39, 0.29) is 5.82 Å². The van der Waals surface area contributed by atoms with Gasteiger partial charge in [-0.15, -0.1) is 0 Å². The first-order chi connectivity index (χ1) is 8.97. The van der Waals surface area contributed by atoms with Crippen LogP contribution in [0, 0.1) is 11.7 Å². The molecule has 1 aromatic rings. The van der Waals surface area contributed by atoms with E-state index in [1.807, 2.05) is 6.07 Å². The van der Waals surface area contributed by atoms with E-state index in [9.17, 15) is 4.39 Å². The van der Waals surface area contributed by atoms with Crippen LogP contribution in [0.5, 0.6) is 0 Å². The average molecular weight is 266 g/mol. The van der Waals surface area contributed by atoms with Crippen LogP contribution in [0.3, 0.4) is 0 Å². The summed E-state index contributed by atoms with van der Waals surface area (Å²) in [6, 6.07) is 5.72. The number of anilines is 1. The van der Waals surface area contributed by atoms with Gasteiger partial charge in [0.25, 0.3) is 0 Å². The number of nitrogens with zero attached hydrogens (tertiary/aromatic N) is 1. The van der Waals surface area contributed by atoms with Gasteiger partial charge in [0.1, 0.15) is 5.82 Å². The van der Waals surface area contributed by atoms with Crippen molar-refractivity contribution in [1.82, 2.24) is 5.32 Å². The van der Waals surface area contributed by atoms with Crippen LogP contribution in [0.2, 0.25) is 0 Å². The average Bonchev–Trinajstić information content (AvgIpc) is 2.32. The van der Waals surface area contributed by atoms with Gasteiger partial charge >= 0.3 is 0 Å². The topological polar surface area (TPSA) is 15.3 Å². The lowest BCUT2D eigenvalue weighted by molar-refractivity contribution is 0.533. The van der Waals surface area contributed by atoms with Crippen molar-refractivity contribution in [2.24, 2.45) is 5.92 Å². The molecule has 0 fully saturated rings. The van der Waals surface area contributed by atoms with Crippen LogP contribution in [-0.2, 0) is 6.54 Å². The molecule has 2 nitrogen and oxygen atoms in total. The largest absolute Gasteiger partial charge is 0.369 e. The number of halogens is 1. The fraction of sp³-hybridized carbons (Fsp3) is 0.625. The molecular weight excluding hydrogens is 239 g/mol. The van der Waals surface area contributed by atoms with Gasteiger partial charge in [0.2, 0.25) is 0 Å². The Hall–Kier alpha value is -1.09. The first-order valence-electron chi connectivity index (χ1n) is 7.22. The van der Waals surface area contributed by atoms with Crippen molar-refractivity contribution >= 4 is 5.69 Å². The van der Waals surface area contributed by atoms with Crippen LogP contribution < -0.4 is 10.2 Å². The molecule has 3 heteroatoms. The maximum absolute atomic E-state index is 14.1. The quantitative estimate of drug-likeness (QED) is 0.807. The van der Waals surface area contributed by atoms with Crippen molar-refractivity contribution in [3.8, 4) is 0 Å². The number of rotatable bonds is 7. The first-order valence-corrected chi connectivity index (χ1v) is 7.22. The van der Waals surface area contributed by atoms with Crippen LogP contribution >= 0.6 is 0 Å². The highest BCUT2D eigenvalue weighted by molar-refractivity contribution is 5.54. The normalized spacial score (nSPS) is 11.4. The summed E-state index contributed by atoms with van der Waals surface area (Å²) >= 11 is 0. The zero-order valence-electron chi connectivity index (χ0n) is 12.8.